The molecule has 1 aliphatic rings. The van der Waals surface area contributed by atoms with Crippen molar-refractivity contribution in [3.05, 3.63) is 33.8 Å². The maximum Gasteiger partial charge on any atom is 0.457 e. The maximum atomic E-state index is 13.6. The lowest BCUT2D eigenvalue weighted by molar-refractivity contribution is -0.134. The fourth-order valence-corrected chi connectivity index (χ4v) is 5.24. The van der Waals surface area contributed by atoms with Crippen molar-refractivity contribution >= 4 is 42.1 Å². The highest BCUT2D eigenvalue weighted by atomic mass is 35.5. The standard InChI is InChI=1S/C29H48BCl2N3O4/c1-21(36)34-29(25(37)35-26(2,3)4,15-9-10-17-30-38-27(5,6)28(7,8)39-30)16-11-18-33-19-14-22-12-13-23(31)20-24(22)32/h12-13,20,33H,9-11,14-19H2,1-8H3,(H,34,36)(H,35,37). The molecular weight excluding hydrogens is 536 g/mol. The van der Waals surface area contributed by atoms with Gasteiger partial charge in [0.2, 0.25) is 11.8 Å². The minimum Gasteiger partial charge on any atom is -0.403 e. The van der Waals surface area contributed by atoms with Crippen molar-refractivity contribution in [3.63, 3.8) is 0 Å². The Morgan fingerprint density at radius 2 is 1.54 bits per heavy atom. The summed E-state index contributed by atoms with van der Waals surface area (Å²) < 4.78 is 12.3. The van der Waals surface area contributed by atoms with Crippen LogP contribution in [0.15, 0.2) is 18.2 Å². The Morgan fingerprint density at radius 3 is 2.10 bits per heavy atom. The number of unbranched alkanes of at least 4 members (excludes halogenated alkanes) is 1. The van der Waals surface area contributed by atoms with Gasteiger partial charge in [0.15, 0.2) is 0 Å². The van der Waals surface area contributed by atoms with E-state index in [1.54, 1.807) is 6.07 Å². The Balaban J connectivity index is 1.97. The van der Waals surface area contributed by atoms with Crippen molar-refractivity contribution in [2.75, 3.05) is 13.1 Å². The summed E-state index contributed by atoms with van der Waals surface area (Å²) >= 11 is 12.3. The number of rotatable bonds is 14. The SMILES string of the molecule is CC(=O)NC(CCCCB1OC(C)(C)C(C)(C)O1)(CCCNCCc1ccc(Cl)cc1Cl)C(=O)NC(C)(C)C. The quantitative estimate of drug-likeness (QED) is 0.186. The van der Waals surface area contributed by atoms with Gasteiger partial charge in [0, 0.05) is 22.5 Å². The third-order valence-electron chi connectivity index (χ3n) is 7.48. The van der Waals surface area contributed by atoms with Gasteiger partial charge < -0.3 is 25.3 Å². The van der Waals surface area contributed by atoms with Crippen LogP contribution >= 0.6 is 23.2 Å². The highest BCUT2D eigenvalue weighted by Crippen LogP contribution is 2.38. The molecule has 2 rings (SSSR count). The van der Waals surface area contributed by atoms with Gasteiger partial charge in [-0.25, -0.2) is 0 Å². The average Bonchev–Trinajstić information content (AvgIpc) is 2.99. The normalized spacial score (nSPS) is 18.1. The molecule has 0 saturated carbocycles. The number of hydrogen-bond acceptors (Lipinski definition) is 5. The smallest absolute Gasteiger partial charge is 0.403 e. The van der Waals surface area contributed by atoms with Crippen LogP contribution < -0.4 is 16.0 Å². The van der Waals surface area contributed by atoms with Crippen LogP contribution in [0.1, 0.15) is 93.1 Å². The zero-order valence-electron chi connectivity index (χ0n) is 25.1. The Morgan fingerprint density at radius 1 is 0.923 bits per heavy atom. The van der Waals surface area contributed by atoms with Crippen LogP contribution in [0.3, 0.4) is 0 Å². The first-order chi connectivity index (χ1) is 18.0. The summed E-state index contributed by atoms with van der Waals surface area (Å²) in [5.41, 5.74) is -1.10. The van der Waals surface area contributed by atoms with E-state index in [0.717, 1.165) is 44.1 Å². The molecule has 1 fully saturated rings. The fourth-order valence-electron chi connectivity index (χ4n) is 4.74. The molecule has 1 unspecified atom stereocenters. The monoisotopic (exact) mass is 583 g/mol. The van der Waals surface area contributed by atoms with E-state index in [0.29, 0.717) is 29.4 Å². The summed E-state index contributed by atoms with van der Waals surface area (Å²) in [6, 6.07) is 5.53. The predicted octanol–water partition coefficient (Wildman–Crippen LogP) is 5.96. The van der Waals surface area contributed by atoms with Crippen molar-refractivity contribution in [3.8, 4) is 0 Å². The first-order valence-electron chi connectivity index (χ1n) is 14.1. The summed E-state index contributed by atoms with van der Waals surface area (Å²) in [4.78, 5) is 25.9. The zero-order chi connectivity index (χ0) is 29.5. The third kappa shape index (κ3) is 10.5. The Bertz CT molecular complexity index is 968. The number of amides is 2. The Kier molecular flexibility index (Phi) is 12.2. The molecule has 0 spiro atoms. The molecular formula is C29H48BCl2N3O4. The number of carbonyl (C=O) groups excluding carboxylic acids is 2. The van der Waals surface area contributed by atoms with Crippen LogP contribution in [0.4, 0.5) is 0 Å². The van der Waals surface area contributed by atoms with Gasteiger partial charge in [0.1, 0.15) is 5.54 Å². The zero-order valence-corrected chi connectivity index (χ0v) is 26.6. The fraction of sp³-hybridized carbons (Fsp3) is 0.724. The van der Waals surface area contributed by atoms with Crippen molar-refractivity contribution in [2.24, 2.45) is 0 Å². The largest absolute Gasteiger partial charge is 0.457 e. The molecule has 1 aromatic carbocycles. The summed E-state index contributed by atoms with van der Waals surface area (Å²) in [6.45, 7) is 17.0. The van der Waals surface area contributed by atoms with Crippen molar-refractivity contribution < 1.29 is 18.9 Å². The van der Waals surface area contributed by atoms with E-state index in [2.05, 4.69) is 16.0 Å². The second-order valence-corrected chi connectivity index (χ2v) is 13.6. The first kappa shape index (κ1) is 33.9. The number of benzene rings is 1. The van der Waals surface area contributed by atoms with E-state index >= 15 is 0 Å². The molecule has 1 aliphatic heterocycles. The number of halogens is 2. The van der Waals surface area contributed by atoms with E-state index in [1.807, 2.05) is 60.6 Å². The van der Waals surface area contributed by atoms with E-state index in [4.69, 9.17) is 32.5 Å². The lowest BCUT2D eigenvalue weighted by Crippen LogP contribution is -2.61. The van der Waals surface area contributed by atoms with E-state index in [9.17, 15) is 9.59 Å². The number of nitrogens with one attached hydrogen (secondary N) is 3. The summed E-state index contributed by atoms with van der Waals surface area (Å²) in [7, 11) is -0.271. The molecule has 0 bridgehead atoms. The van der Waals surface area contributed by atoms with E-state index < -0.39 is 11.1 Å². The number of hydrogen-bond donors (Lipinski definition) is 3. The van der Waals surface area contributed by atoms with Crippen LogP contribution in [0.2, 0.25) is 16.4 Å². The number of carbonyl (C=O) groups is 2. The van der Waals surface area contributed by atoms with Crippen molar-refractivity contribution in [1.29, 1.82) is 0 Å². The van der Waals surface area contributed by atoms with Gasteiger partial charge >= 0.3 is 7.12 Å². The molecule has 39 heavy (non-hydrogen) atoms. The van der Waals surface area contributed by atoms with Gasteiger partial charge in [-0.05, 0) is 111 Å². The van der Waals surface area contributed by atoms with Gasteiger partial charge in [-0.1, -0.05) is 42.1 Å². The lowest BCUT2D eigenvalue weighted by atomic mass is 9.79. The second kappa shape index (κ2) is 14.0. The molecule has 0 aromatic heterocycles. The summed E-state index contributed by atoms with van der Waals surface area (Å²) in [5.74, 6) is -0.357. The van der Waals surface area contributed by atoms with Crippen molar-refractivity contribution in [1.82, 2.24) is 16.0 Å². The van der Waals surface area contributed by atoms with Gasteiger partial charge in [-0.2, -0.15) is 0 Å². The minimum atomic E-state index is -0.990. The molecule has 3 N–H and O–H groups in total. The molecule has 2 amide bonds. The molecule has 1 atom stereocenters. The van der Waals surface area contributed by atoms with Gasteiger partial charge in [0.25, 0.3) is 0 Å². The highest BCUT2D eigenvalue weighted by Gasteiger charge is 2.50. The predicted molar refractivity (Wildman–Crippen MR) is 161 cm³/mol. The molecule has 7 nitrogen and oxygen atoms in total. The molecule has 10 heteroatoms. The third-order valence-corrected chi connectivity index (χ3v) is 8.06. The van der Waals surface area contributed by atoms with E-state index in [-0.39, 0.29) is 30.1 Å². The van der Waals surface area contributed by atoms with Crippen LogP contribution in [-0.2, 0) is 25.3 Å². The lowest BCUT2D eigenvalue weighted by Gasteiger charge is -2.36. The molecule has 0 aliphatic carbocycles. The molecule has 1 saturated heterocycles. The van der Waals surface area contributed by atoms with Gasteiger partial charge in [-0.15, -0.1) is 0 Å². The van der Waals surface area contributed by atoms with Crippen LogP contribution in [0.5, 0.6) is 0 Å². The molecule has 1 aromatic rings. The minimum absolute atomic E-state index is 0.145. The topological polar surface area (TPSA) is 88.7 Å². The maximum absolute atomic E-state index is 13.6. The first-order valence-corrected chi connectivity index (χ1v) is 14.8. The van der Waals surface area contributed by atoms with Gasteiger partial charge in [0.05, 0.1) is 11.2 Å². The van der Waals surface area contributed by atoms with Crippen molar-refractivity contribution in [2.45, 2.75) is 123 Å². The second-order valence-electron chi connectivity index (χ2n) is 12.7. The Hall–Kier alpha value is -1.32. The van der Waals surface area contributed by atoms with Crippen LogP contribution in [0, 0.1) is 0 Å². The Labute approximate surface area is 246 Å². The van der Waals surface area contributed by atoms with Crippen LogP contribution in [-0.4, -0.2) is 54.3 Å². The molecule has 0 radical (unpaired) electrons. The molecule has 220 valence electrons. The summed E-state index contributed by atoms with van der Waals surface area (Å²) in [6.07, 6.45) is 4.87. The summed E-state index contributed by atoms with van der Waals surface area (Å²) in [5, 5.41) is 10.9. The average molecular weight is 584 g/mol. The highest BCUT2D eigenvalue weighted by molar-refractivity contribution is 6.45. The van der Waals surface area contributed by atoms with Crippen LogP contribution in [0.25, 0.3) is 0 Å². The van der Waals surface area contributed by atoms with E-state index in [1.165, 1.54) is 6.92 Å². The van der Waals surface area contributed by atoms with Gasteiger partial charge in [-0.3, -0.25) is 9.59 Å². The molecule has 1 heterocycles.